The highest BCUT2D eigenvalue weighted by molar-refractivity contribution is 6.10. The van der Waals surface area contributed by atoms with Crippen LogP contribution in [0.1, 0.15) is 40.9 Å². The Kier molecular flexibility index (Phi) is 5.16. The van der Waals surface area contributed by atoms with E-state index in [0.29, 0.717) is 36.2 Å². The van der Waals surface area contributed by atoms with Crippen molar-refractivity contribution in [3.05, 3.63) is 65.0 Å². The Balaban J connectivity index is 1.65. The van der Waals surface area contributed by atoms with Crippen molar-refractivity contribution in [1.29, 1.82) is 0 Å². The van der Waals surface area contributed by atoms with Gasteiger partial charge >= 0.3 is 0 Å². The first-order chi connectivity index (χ1) is 12.4. The van der Waals surface area contributed by atoms with Crippen LogP contribution in [0.15, 0.2) is 41.6 Å². The first-order valence-electron chi connectivity index (χ1n) is 8.17. The number of carbonyl (C=O) groups excluding carboxylic acids is 2. The molecule has 0 aliphatic carbocycles. The molecule has 1 aliphatic rings. The van der Waals surface area contributed by atoms with E-state index in [0.717, 1.165) is 17.7 Å². The molecule has 0 N–H and O–H groups in total. The summed E-state index contributed by atoms with van der Waals surface area (Å²) in [5, 5.41) is 5.36. The van der Waals surface area contributed by atoms with Crippen LogP contribution >= 0.6 is 0 Å². The molecule has 0 unspecified atom stereocenters. The first-order valence-corrected chi connectivity index (χ1v) is 8.17. The van der Waals surface area contributed by atoms with Crippen LogP contribution in [0.4, 0.5) is 8.78 Å². The highest BCUT2D eigenvalue weighted by Gasteiger charge is 2.20. The lowest BCUT2D eigenvalue weighted by Gasteiger charge is -2.18. The summed E-state index contributed by atoms with van der Waals surface area (Å²) in [4.78, 5) is 27.9. The van der Waals surface area contributed by atoms with E-state index in [2.05, 4.69) is 10.1 Å². The second-order valence-electron chi connectivity index (χ2n) is 6.16. The summed E-state index contributed by atoms with van der Waals surface area (Å²) in [6.07, 6.45) is 2.88. The van der Waals surface area contributed by atoms with Gasteiger partial charge in [0.2, 0.25) is 5.91 Å². The molecule has 134 valence electrons. The van der Waals surface area contributed by atoms with Crippen LogP contribution in [0.3, 0.4) is 0 Å². The zero-order valence-electron chi connectivity index (χ0n) is 14.2. The average molecular weight is 357 g/mol. The lowest BCUT2D eigenvalue weighted by Crippen LogP contribution is -2.29. The number of carbonyl (C=O) groups is 2. The van der Waals surface area contributed by atoms with Crippen molar-refractivity contribution in [2.45, 2.75) is 25.7 Å². The molecule has 0 radical (unpaired) electrons. The number of hydrogen-bond donors (Lipinski definition) is 0. The summed E-state index contributed by atoms with van der Waals surface area (Å²) in [5.74, 6) is -2.02. The lowest BCUT2D eigenvalue weighted by atomic mass is 10.0. The largest absolute Gasteiger partial charge is 0.292 e. The molecule has 0 atom stereocenters. The standard InChI is InChI=1S/C19H17F2N3O2/c1-24-19(26)7-4-14(23-24)10-18(25)17-6-3-13(11-22-17)8-12-2-5-15(20)16(21)9-12/h2-3,5-6,9,11H,4,7-8,10H2,1H3. The lowest BCUT2D eigenvalue weighted by molar-refractivity contribution is -0.130. The van der Waals surface area contributed by atoms with Crippen LogP contribution in [0.25, 0.3) is 0 Å². The second kappa shape index (κ2) is 7.51. The third kappa shape index (κ3) is 4.17. The molecule has 1 aromatic heterocycles. The zero-order valence-corrected chi connectivity index (χ0v) is 14.2. The minimum absolute atomic E-state index is 0.0686. The maximum Gasteiger partial charge on any atom is 0.242 e. The van der Waals surface area contributed by atoms with E-state index in [1.165, 1.54) is 11.1 Å². The van der Waals surface area contributed by atoms with Gasteiger partial charge in [-0.15, -0.1) is 0 Å². The van der Waals surface area contributed by atoms with Crippen LogP contribution < -0.4 is 0 Å². The number of halogens is 2. The molecule has 26 heavy (non-hydrogen) atoms. The van der Waals surface area contributed by atoms with Crippen LogP contribution in [-0.2, 0) is 11.2 Å². The fraction of sp³-hybridized carbons (Fsp3) is 0.263. The Bertz CT molecular complexity index is 879. The monoisotopic (exact) mass is 357 g/mol. The summed E-state index contributed by atoms with van der Waals surface area (Å²) >= 11 is 0. The fourth-order valence-electron chi connectivity index (χ4n) is 2.71. The van der Waals surface area contributed by atoms with Crippen LogP contribution in [0, 0.1) is 11.6 Å². The van der Waals surface area contributed by atoms with Crippen molar-refractivity contribution in [1.82, 2.24) is 9.99 Å². The minimum atomic E-state index is -0.890. The van der Waals surface area contributed by atoms with Gasteiger partial charge in [0, 0.05) is 25.4 Å². The van der Waals surface area contributed by atoms with Crippen molar-refractivity contribution in [3.63, 3.8) is 0 Å². The maximum atomic E-state index is 13.3. The third-order valence-electron chi connectivity index (χ3n) is 4.15. The predicted molar refractivity (Wildman–Crippen MR) is 91.8 cm³/mol. The van der Waals surface area contributed by atoms with Gasteiger partial charge in [0.15, 0.2) is 17.4 Å². The number of benzene rings is 1. The Morgan fingerprint density at radius 2 is 1.88 bits per heavy atom. The van der Waals surface area contributed by atoms with E-state index in [1.54, 1.807) is 25.4 Å². The molecule has 0 bridgehead atoms. The van der Waals surface area contributed by atoms with Gasteiger partial charge in [-0.1, -0.05) is 12.1 Å². The molecule has 1 amide bonds. The molecule has 7 heteroatoms. The highest BCUT2D eigenvalue weighted by atomic mass is 19.2. The van der Waals surface area contributed by atoms with Gasteiger partial charge in [0.1, 0.15) is 5.69 Å². The molecule has 1 aliphatic heterocycles. The van der Waals surface area contributed by atoms with E-state index in [4.69, 9.17) is 0 Å². The predicted octanol–water partition coefficient (Wildman–Crippen LogP) is 3.13. The smallest absolute Gasteiger partial charge is 0.242 e. The van der Waals surface area contributed by atoms with Crippen molar-refractivity contribution >= 4 is 17.4 Å². The van der Waals surface area contributed by atoms with Gasteiger partial charge in [0.05, 0.1) is 6.42 Å². The van der Waals surface area contributed by atoms with Crippen LogP contribution in [-0.4, -0.2) is 34.4 Å². The van der Waals surface area contributed by atoms with E-state index in [9.17, 15) is 18.4 Å². The van der Waals surface area contributed by atoms with Crippen molar-refractivity contribution in [2.75, 3.05) is 7.05 Å². The summed E-state index contributed by atoms with van der Waals surface area (Å²) in [7, 11) is 1.57. The minimum Gasteiger partial charge on any atom is -0.292 e. The molecule has 3 rings (SSSR count). The zero-order chi connectivity index (χ0) is 18.7. The molecule has 0 saturated heterocycles. The Hall–Kier alpha value is -2.96. The maximum absolute atomic E-state index is 13.3. The summed E-state index contributed by atoms with van der Waals surface area (Å²) in [6.45, 7) is 0. The molecular formula is C19H17F2N3O2. The van der Waals surface area contributed by atoms with Gasteiger partial charge in [-0.05, 0) is 42.2 Å². The van der Waals surface area contributed by atoms with Crippen LogP contribution in [0.2, 0.25) is 0 Å². The fourth-order valence-corrected chi connectivity index (χ4v) is 2.71. The van der Waals surface area contributed by atoms with Crippen molar-refractivity contribution < 1.29 is 18.4 Å². The second-order valence-corrected chi connectivity index (χ2v) is 6.16. The van der Waals surface area contributed by atoms with Gasteiger partial charge in [0.25, 0.3) is 0 Å². The molecule has 2 heterocycles. The van der Waals surface area contributed by atoms with Crippen molar-refractivity contribution in [3.8, 4) is 0 Å². The molecule has 5 nitrogen and oxygen atoms in total. The average Bonchev–Trinajstić information content (AvgIpc) is 2.62. The Labute approximate surface area is 149 Å². The number of aromatic nitrogens is 1. The van der Waals surface area contributed by atoms with E-state index in [-0.39, 0.29) is 18.1 Å². The van der Waals surface area contributed by atoms with E-state index in [1.807, 2.05) is 0 Å². The van der Waals surface area contributed by atoms with Crippen LogP contribution in [0.5, 0.6) is 0 Å². The van der Waals surface area contributed by atoms with Crippen molar-refractivity contribution in [2.24, 2.45) is 5.10 Å². The molecular weight excluding hydrogens is 340 g/mol. The van der Waals surface area contributed by atoms with E-state index < -0.39 is 11.6 Å². The number of hydrogen-bond acceptors (Lipinski definition) is 4. The number of ketones is 1. The molecule has 1 aromatic carbocycles. The molecule has 0 fully saturated rings. The number of hydrazone groups is 1. The molecule has 0 saturated carbocycles. The Morgan fingerprint density at radius 3 is 2.54 bits per heavy atom. The molecule has 2 aromatic rings. The summed E-state index contributed by atoms with van der Waals surface area (Å²) < 4.78 is 26.2. The van der Waals surface area contributed by atoms with Gasteiger partial charge in [-0.3, -0.25) is 14.6 Å². The van der Waals surface area contributed by atoms with Gasteiger partial charge < -0.3 is 0 Å². The first kappa shape index (κ1) is 17.8. The normalized spacial score (nSPS) is 14.3. The van der Waals surface area contributed by atoms with Gasteiger partial charge in [-0.25, -0.2) is 13.8 Å². The SMILES string of the molecule is CN1N=C(CC(=O)c2ccc(Cc3ccc(F)c(F)c3)cn2)CCC1=O. The highest BCUT2D eigenvalue weighted by Crippen LogP contribution is 2.15. The number of amides is 1. The number of Topliss-reactive ketones (excluding diaryl/α,β-unsaturated/α-hetero) is 1. The van der Waals surface area contributed by atoms with Gasteiger partial charge in [-0.2, -0.15) is 5.10 Å². The number of nitrogens with zero attached hydrogens (tertiary/aromatic N) is 3. The summed E-state index contributed by atoms with van der Waals surface area (Å²) in [5.41, 5.74) is 2.37. The summed E-state index contributed by atoms with van der Waals surface area (Å²) in [6, 6.07) is 7.09. The Morgan fingerprint density at radius 1 is 1.12 bits per heavy atom. The third-order valence-corrected chi connectivity index (χ3v) is 4.15. The molecule has 0 spiro atoms. The topological polar surface area (TPSA) is 62.6 Å². The number of rotatable bonds is 5. The van der Waals surface area contributed by atoms with E-state index >= 15 is 0 Å². The quantitative estimate of drug-likeness (QED) is 0.773. The number of pyridine rings is 1.